The number of alkyl halides is 3. The van der Waals surface area contributed by atoms with E-state index >= 15 is 0 Å². The van der Waals surface area contributed by atoms with E-state index < -0.39 is 11.7 Å². The lowest BCUT2D eigenvalue weighted by atomic mass is 10.0. The molecule has 0 spiro atoms. The number of benzene rings is 2. The number of hydrogen-bond acceptors (Lipinski definition) is 5. The number of fused-ring (bicyclic) bond motifs is 1. The molecule has 0 bridgehead atoms. The molecule has 2 N–H and O–H groups in total. The fourth-order valence-electron chi connectivity index (χ4n) is 5.46. The summed E-state index contributed by atoms with van der Waals surface area (Å²) in [6, 6.07) is 9.70. The summed E-state index contributed by atoms with van der Waals surface area (Å²) in [5.74, 6) is 0.329. The highest BCUT2D eigenvalue weighted by molar-refractivity contribution is 5.95. The molecule has 2 aliphatic heterocycles. The summed E-state index contributed by atoms with van der Waals surface area (Å²) >= 11 is 0. The van der Waals surface area contributed by atoms with Gasteiger partial charge in [-0.1, -0.05) is 25.0 Å². The minimum atomic E-state index is -4.48. The van der Waals surface area contributed by atoms with Crippen LogP contribution in [-0.4, -0.2) is 46.1 Å². The van der Waals surface area contributed by atoms with Crippen molar-refractivity contribution in [2.24, 2.45) is 0 Å². The van der Waals surface area contributed by atoms with E-state index in [4.69, 9.17) is 0 Å². The molecule has 5 rings (SSSR count). The van der Waals surface area contributed by atoms with Crippen LogP contribution in [-0.2, 0) is 19.3 Å². The molecule has 2 saturated heterocycles. The van der Waals surface area contributed by atoms with Gasteiger partial charge >= 0.3 is 6.18 Å². The first-order chi connectivity index (χ1) is 17.4. The summed E-state index contributed by atoms with van der Waals surface area (Å²) in [4.78, 5) is 8.77. The van der Waals surface area contributed by atoms with Crippen LogP contribution in [0.4, 0.5) is 24.5 Å². The quantitative estimate of drug-likeness (QED) is 0.372. The summed E-state index contributed by atoms with van der Waals surface area (Å²) in [5.41, 5.74) is 2.20. The monoisotopic (exact) mass is 498 g/mol. The van der Waals surface area contributed by atoms with Crippen molar-refractivity contribution >= 4 is 22.3 Å². The number of likely N-dealkylation sites (tertiary alicyclic amines) is 2. The summed E-state index contributed by atoms with van der Waals surface area (Å²) < 4.78 is 40.7. The van der Waals surface area contributed by atoms with Crippen LogP contribution in [0.25, 0.3) is 10.9 Å². The fourth-order valence-corrected chi connectivity index (χ4v) is 5.46. The van der Waals surface area contributed by atoms with Crippen LogP contribution in [0, 0.1) is 0 Å². The van der Waals surface area contributed by atoms with Gasteiger partial charge in [-0.25, -0.2) is 0 Å². The number of piperidine rings is 2. The molecule has 2 fully saturated rings. The summed E-state index contributed by atoms with van der Waals surface area (Å²) in [6.45, 7) is 5.34. The third-order valence-electron chi connectivity index (χ3n) is 7.31. The Morgan fingerprint density at radius 1 is 0.833 bits per heavy atom. The number of nitrogens with one attached hydrogen (secondary N) is 1. The lowest BCUT2D eigenvalue weighted by Gasteiger charge is -2.29. The molecule has 3 aromatic rings. The van der Waals surface area contributed by atoms with Crippen molar-refractivity contribution in [3.05, 3.63) is 59.3 Å². The van der Waals surface area contributed by atoms with Gasteiger partial charge in [-0.3, -0.25) is 14.8 Å². The molecule has 36 heavy (non-hydrogen) atoms. The highest BCUT2D eigenvalue weighted by Gasteiger charge is 2.33. The number of nitrogens with zero attached hydrogens (tertiary/aromatic N) is 3. The molecule has 0 atom stereocenters. The lowest BCUT2D eigenvalue weighted by Crippen LogP contribution is -2.30. The van der Waals surface area contributed by atoms with Crippen molar-refractivity contribution in [3.8, 4) is 5.75 Å². The second-order valence-corrected chi connectivity index (χ2v) is 10.00. The minimum absolute atomic E-state index is 0.0733. The molecule has 0 unspecified atom stereocenters. The summed E-state index contributed by atoms with van der Waals surface area (Å²) in [6.07, 6.45) is 4.02. The zero-order valence-corrected chi connectivity index (χ0v) is 20.4. The standard InChI is InChI=1S/C28H33F3N4O/c29-28(30,31)24-9-7-8-23-25(10-11-32-26(23)24)33-22-16-20(18-34-12-3-1-4-13-34)27(36)21(17-22)19-35-14-5-2-6-15-35/h7-11,16-17,36H,1-6,12-15,18-19H2,(H,32,33). The zero-order valence-electron chi connectivity index (χ0n) is 20.4. The fraction of sp³-hybridized carbons (Fsp3) is 0.464. The Labute approximate surface area is 209 Å². The van der Waals surface area contributed by atoms with Gasteiger partial charge < -0.3 is 10.4 Å². The molecule has 3 heterocycles. The largest absolute Gasteiger partial charge is 0.507 e. The third-order valence-corrected chi connectivity index (χ3v) is 7.31. The normalized spacial score (nSPS) is 18.0. The summed E-state index contributed by atoms with van der Waals surface area (Å²) in [7, 11) is 0. The van der Waals surface area contributed by atoms with Gasteiger partial charge in [0.2, 0.25) is 0 Å². The Bertz CT molecular complexity index is 1160. The van der Waals surface area contributed by atoms with E-state index in [1.807, 2.05) is 12.1 Å². The topological polar surface area (TPSA) is 51.6 Å². The van der Waals surface area contributed by atoms with E-state index in [2.05, 4.69) is 20.1 Å². The van der Waals surface area contributed by atoms with Crippen molar-refractivity contribution < 1.29 is 18.3 Å². The Hall–Kier alpha value is -2.84. The summed E-state index contributed by atoms with van der Waals surface area (Å²) in [5, 5.41) is 15.0. The van der Waals surface area contributed by atoms with E-state index in [1.54, 1.807) is 12.1 Å². The molecule has 1 aromatic heterocycles. The van der Waals surface area contributed by atoms with Crippen molar-refractivity contribution in [1.82, 2.24) is 14.8 Å². The van der Waals surface area contributed by atoms with Gasteiger partial charge in [-0.2, -0.15) is 13.2 Å². The van der Waals surface area contributed by atoms with Crippen LogP contribution >= 0.6 is 0 Å². The van der Waals surface area contributed by atoms with Crippen LogP contribution in [0.3, 0.4) is 0 Å². The molecular weight excluding hydrogens is 465 g/mol. The van der Waals surface area contributed by atoms with Gasteiger partial charge in [0.25, 0.3) is 0 Å². The smallest absolute Gasteiger partial charge is 0.418 e. The molecule has 0 radical (unpaired) electrons. The van der Waals surface area contributed by atoms with Crippen molar-refractivity contribution in [3.63, 3.8) is 0 Å². The van der Waals surface area contributed by atoms with Gasteiger partial charge in [0, 0.05) is 47.2 Å². The molecule has 5 nitrogen and oxygen atoms in total. The second kappa shape index (κ2) is 10.6. The molecule has 192 valence electrons. The minimum Gasteiger partial charge on any atom is -0.507 e. The Kier molecular flexibility index (Phi) is 7.34. The van der Waals surface area contributed by atoms with Crippen LogP contribution in [0.2, 0.25) is 0 Å². The van der Waals surface area contributed by atoms with Gasteiger partial charge in [0.05, 0.1) is 11.1 Å². The lowest BCUT2D eigenvalue weighted by molar-refractivity contribution is -0.136. The molecular formula is C28H33F3N4O. The number of halogens is 3. The van der Waals surface area contributed by atoms with E-state index in [0.29, 0.717) is 29.9 Å². The van der Waals surface area contributed by atoms with Crippen LogP contribution in [0.15, 0.2) is 42.6 Å². The van der Waals surface area contributed by atoms with Crippen molar-refractivity contribution in [2.75, 3.05) is 31.5 Å². The maximum Gasteiger partial charge on any atom is 0.418 e. The van der Waals surface area contributed by atoms with Crippen molar-refractivity contribution in [2.45, 2.75) is 57.8 Å². The Morgan fingerprint density at radius 3 is 1.97 bits per heavy atom. The van der Waals surface area contributed by atoms with E-state index in [-0.39, 0.29) is 5.52 Å². The molecule has 2 aliphatic rings. The number of para-hydroxylation sites is 1. The van der Waals surface area contributed by atoms with Gasteiger partial charge in [-0.05, 0) is 76.1 Å². The SMILES string of the molecule is Oc1c(CN2CCCCC2)cc(Nc2ccnc3c(C(F)(F)F)cccc23)cc1CN1CCCCC1. The highest BCUT2D eigenvalue weighted by atomic mass is 19.4. The predicted octanol–water partition coefficient (Wildman–Crippen LogP) is 6.67. The molecule has 0 amide bonds. The van der Waals surface area contributed by atoms with Gasteiger partial charge in [0.15, 0.2) is 0 Å². The van der Waals surface area contributed by atoms with Crippen LogP contribution in [0.1, 0.15) is 55.2 Å². The first-order valence-electron chi connectivity index (χ1n) is 12.9. The zero-order chi connectivity index (χ0) is 25.1. The van der Waals surface area contributed by atoms with Crippen molar-refractivity contribution in [1.29, 1.82) is 0 Å². The molecule has 8 heteroatoms. The van der Waals surface area contributed by atoms with Crippen LogP contribution in [0.5, 0.6) is 5.75 Å². The number of anilines is 2. The average molecular weight is 499 g/mol. The van der Waals surface area contributed by atoms with Gasteiger partial charge in [0.1, 0.15) is 5.75 Å². The number of hydrogen-bond donors (Lipinski definition) is 2. The van der Waals surface area contributed by atoms with Gasteiger partial charge in [-0.15, -0.1) is 0 Å². The maximum atomic E-state index is 13.6. The van der Waals surface area contributed by atoms with Crippen LogP contribution < -0.4 is 5.32 Å². The van der Waals surface area contributed by atoms with E-state index in [0.717, 1.165) is 74.7 Å². The first kappa shape index (κ1) is 24.8. The molecule has 2 aromatic carbocycles. The Balaban J connectivity index is 1.50. The van der Waals surface area contributed by atoms with E-state index in [9.17, 15) is 18.3 Å². The first-order valence-corrected chi connectivity index (χ1v) is 12.9. The number of phenols is 1. The number of aromatic nitrogens is 1. The number of phenolic OH excluding ortho intramolecular Hbond substituents is 1. The van der Waals surface area contributed by atoms with E-state index in [1.165, 1.54) is 25.1 Å². The molecule has 0 aliphatic carbocycles. The third kappa shape index (κ3) is 5.60. The number of rotatable bonds is 6. The highest BCUT2D eigenvalue weighted by Crippen LogP contribution is 2.37. The number of pyridine rings is 1. The average Bonchev–Trinajstić information content (AvgIpc) is 2.87. The number of aromatic hydroxyl groups is 1. The second-order valence-electron chi connectivity index (χ2n) is 10.00. The molecule has 0 saturated carbocycles. The predicted molar refractivity (Wildman–Crippen MR) is 136 cm³/mol. The Morgan fingerprint density at radius 2 is 1.42 bits per heavy atom. The maximum absolute atomic E-state index is 13.6.